The Labute approximate surface area is 79.8 Å². The molecule has 0 aliphatic heterocycles. The van der Waals surface area contributed by atoms with Crippen molar-refractivity contribution in [1.82, 2.24) is 0 Å². The fourth-order valence-corrected chi connectivity index (χ4v) is 3.15. The van der Waals surface area contributed by atoms with Crippen molar-refractivity contribution in [2.24, 2.45) is 0 Å². The van der Waals surface area contributed by atoms with E-state index in [0.717, 1.165) is 0 Å². The maximum Gasteiger partial charge on any atom is 0.193 e. The van der Waals surface area contributed by atoms with Crippen LogP contribution in [0.2, 0.25) is 18.1 Å². The Kier molecular flexibility index (Phi) is 3.80. The van der Waals surface area contributed by atoms with Crippen molar-refractivity contribution in [1.29, 1.82) is 0 Å². The van der Waals surface area contributed by atoms with Crippen molar-refractivity contribution >= 4 is 24.2 Å². The summed E-state index contributed by atoms with van der Waals surface area (Å²) < 4.78 is 5.86. The molecule has 1 atom stereocenters. The molecule has 11 heavy (non-hydrogen) atoms. The van der Waals surface area contributed by atoms with Crippen LogP contribution < -0.4 is 0 Å². The molecular formula is C8H19BrOSi. The predicted octanol–water partition coefficient (Wildman–Crippen LogP) is 3.75. The van der Waals surface area contributed by atoms with Gasteiger partial charge >= 0.3 is 0 Å². The molecule has 0 aliphatic rings. The van der Waals surface area contributed by atoms with Crippen LogP contribution in [-0.4, -0.2) is 13.3 Å². The number of halogens is 1. The summed E-state index contributed by atoms with van der Waals surface area (Å²) in [5.41, 5.74) is 0. The minimum atomic E-state index is -1.51. The van der Waals surface area contributed by atoms with Crippen molar-refractivity contribution in [2.45, 2.75) is 50.8 Å². The van der Waals surface area contributed by atoms with E-state index in [0.29, 0.717) is 5.04 Å². The van der Waals surface area contributed by atoms with E-state index in [4.69, 9.17) is 4.43 Å². The van der Waals surface area contributed by atoms with Crippen LogP contribution in [0.1, 0.15) is 27.7 Å². The van der Waals surface area contributed by atoms with Gasteiger partial charge in [0.05, 0.1) is 5.01 Å². The highest BCUT2D eigenvalue weighted by atomic mass is 79.9. The highest BCUT2D eigenvalue weighted by molar-refractivity contribution is 9.09. The third-order valence-electron chi connectivity index (χ3n) is 2.26. The summed E-state index contributed by atoms with van der Waals surface area (Å²) in [6.45, 7) is 13.3. The Morgan fingerprint density at radius 1 is 1.27 bits per heavy atom. The monoisotopic (exact) mass is 238 g/mol. The molecule has 0 fully saturated rings. The van der Waals surface area contributed by atoms with Gasteiger partial charge in [0, 0.05) is 0 Å². The molecule has 68 valence electrons. The molecule has 0 N–H and O–H groups in total. The molecule has 0 radical (unpaired) electrons. The van der Waals surface area contributed by atoms with Crippen LogP contribution in [0, 0.1) is 0 Å². The Balaban J connectivity index is 4.22. The molecule has 0 saturated carbocycles. The van der Waals surface area contributed by atoms with Gasteiger partial charge in [-0.3, -0.25) is 0 Å². The Hall–Kier alpha value is 0.657. The molecule has 0 heterocycles. The first-order valence-electron chi connectivity index (χ1n) is 3.99. The number of hydrogen-bond donors (Lipinski definition) is 0. The van der Waals surface area contributed by atoms with E-state index >= 15 is 0 Å². The lowest BCUT2D eigenvalue weighted by Crippen LogP contribution is -2.42. The van der Waals surface area contributed by atoms with Crippen molar-refractivity contribution in [3.63, 3.8) is 0 Å². The zero-order valence-electron chi connectivity index (χ0n) is 8.36. The summed E-state index contributed by atoms with van der Waals surface area (Å²) in [6, 6.07) is 0. The minimum absolute atomic E-state index is 0.184. The molecule has 0 saturated heterocycles. The van der Waals surface area contributed by atoms with Gasteiger partial charge in [0.25, 0.3) is 0 Å². The third-order valence-corrected chi connectivity index (χ3v) is 7.35. The van der Waals surface area contributed by atoms with Crippen LogP contribution in [0.15, 0.2) is 0 Å². The van der Waals surface area contributed by atoms with Gasteiger partial charge < -0.3 is 4.43 Å². The summed E-state index contributed by atoms with van der Waals surface area (Å²) >= 11 is 3.42. The molecule has 0 aromatic rings. The largest absolute Gasteiger partial charge is 0.405 e. The zero-order chi connectivity index (χ0) is 9.28. The Morgan fingerprint density at radius 3 is 1.73 bits per heavy atom. The van der Waals surface area contributed by atoms with Gasteiger partial charge in [-0.2, -0.15) is 0 Å². The SMILES string of the molecule is CC(Br)O[Si](C)(C)C(C)(C)C. The summed E-state index contributed by atoms with van der Waals surface area (Å²) in [5, 5.41) is 0.498. The van der Waals surface area contributed by atoms with Crippen LogP contribution in [0.4, 0.5) is 0 Å². The standard InChI is InChI=1S/C8H19BrOSi/c1-7(9)10-11(5,6)8(2,3)4/h7H,1-6H3. The van der Waals surface area contributed by atoms with Gasteiger partial charge in [0.2, 0.25) is 0 Å². The molecule has 0 aromatic heterocycles. The lowest BCUT2D eigenvalue weighted by Gasteiger charge is -2.37. The number of rotatable bonds is 2. The number of hydrogen-bond acceptors (Lipinski definition) is 1. The first-order valence-corrected chi connectivity index (χ1v) is 7.81. The topological polar surface area (TPSA) is 9.23 Å². The van der Waals surface area contributed by atoms with Crippen molar-refractivity contribution in [3.8, 4) is 0 Å². The second-order valence-corrected chi connectivity index (χ2v) is 10.5. The van der Waals surface area contributed by atoms with E-state index in [2.05, 4.69) is 49.8 Å². The van der Waals surface area contributed by atoms with Crippen LogP contribution in [0.3, 0.4) is 0 Å². The average Bonchev–Trinajstić information content (AvgIpc) is 1.56. The highest BCUT2D eigenvalue weighted by Gasteiger charge is 2.37. The van der Waals surface area contributed by atoms with Crippen LogP contribution >= 0.6 is 15.9 Å². The van der Waals surface area contributed by atoms with E-state index in [1.165, 1.54) is 0 Å². The van der Waals surface area contributed by atoms with Crippen molar-refractivity contribution < 1.29 is 4.43 Å². The second-order valence-electron chi connectivity index (χ2n) is 4.42. The van der Waals surface area contributed by atoms with E-state index in [-0.39, 0.29) is 5.01 Å². The molecule has 0 aliphatic carbocycles. The summed E-state index contributed by atoms with van der Waals surface area (Å²) in [7, 11) is -1.51. The molecule has 3 heteroatoms. The molecule has 1 nitrogen and oxygen atoms in total. The lowest BCUT2D eigenvalue weighted by atomic mass is 10.2. The summed E-state index contributed by atoms with van der Waals surface area (Å²) in [4.78, 5) is 0. The normalized spacial score (nSPS) is 16.6. The fraction of sp³-hybridized carbons (Fsp3) is 1.00. The van der Waals surface area contributed by atoms with Gasteiger partial charge in [0.1, 0.15) is 0 Å². The molecule has 0 rings (SSSR count). The van der Waals surface area contributed by atoms with E-state index in [9.17, 15) is 0 Å². The van der Waals surface area contributed by atoms with Gasteiger partial charge in [-0.15, -0.1) is 0 Å². The van der Waals surface area contributed by atoms with Crippen molar-refractivity contribution in [2.75, 3.05) is 0 Å². The molecule has 1 unspecified atom stereocenters. The van der Waals surface area contributed by atoms with Crippen LogP contribution in [0.25, 0.3) is 0 Å². The molecule has 0 spiro atoms. The van der Waals surface area contributed by atoms with E-state index in [1.54, 1.807) is 0 Å². The quantitative estimate of drug-likeness (QED) is 0.526. The Morgan fingerprint density at radius 2 is 1.64 bits per heavy atom. The first kappa shape index (κ1) is 11.7. The predicted molar refractivity (Wildman–Crippen MR) is 56.7 cm³/mol. The highest BCUT2D eigenvalue weighted by Crippen LogP contribution is 2.37. The fourth-order valence-electron chi connectivity index (χ4n) is 0.583. The first-order chi connectivity index (χ1) is 4.67. The maximum atomic E-state index is 5.86. The van der Waals surface area contributed by atoms with Gasteiger partial charge in [-0.1, -0.05) is 36.7 Å². The van der Waals surface area contributed by atoms with E-state index in [1.807, 2.05) is 6.92 Å². The average molecular weight is 239 g/mol. The lowest BCUT2D eigenvalue weighted by molar-refractivity contribution is 0.284. The summed E-state index contributed by atoms with van der Waals surface area (Å²) in [6.07, 6.45) is 0. The van der Waals surface area contributed by atoms with Gasteiger partial charge in [-0.25, -0.2) is 0 Å². The van der Waals surface area contributed by atoms with Crippen molar-refractivity contribution in [3.05, 3.63) is 0 Å². The molecular weight excluding hydrogens is 220 g/mol. The third kappa shape index (κ3) is 3.72. The molecule has 0 amide bonds. The van der Waals surface area contributed by atoms with E-state index < -0.39 is 8.32 Å². The van der Waals surface area contributed by atoms with Gasteiger partial charge in [-0.05, 0) is 25.1 Å². The van der Waals surface area contributed by atoms with Gasteiger partial charge in [0.15, 0.2) is 8.32 Å². The Bertz CT molecular complexity index is 127. The zero-order valence-corrected chi connectivity index (χ0v) is 10.9. The molecule has 0 aromatic carbocycles. The summed E-state index contributed by atoms with van der Waals surface area (Å²) in [5.74, 6) is 0. The maximum absolute atomic E-state index is 5.86. The smallest absolute Gasteiger partial charge is 0.193 e. The molecule has 0 bridgehead atoms. The van der Waals surface area contributed by atoms with Crippen LogP contribution in [-0.2, 0) is 4.43 Å². The van der Waals surface area contributed by atoms with Crippen LogP contribution in [0.5, 0.6) is 0 Å². The second kappa shape index (κ2) is 3.58. The minimum Gasteiger partial charge on any atom is -0.405 e. The number of alkyl halides is 1.